The fourth-order valence-electron chi connectivity index (χ4n) is 6.44. The summed E-state index contributed by atoms with van der Waals surface area (Å²) < 4.78 is 10.7. The van der Waals surface area contributed by atoms with Crippen molar-refractivity contribution in [2.75, 3.05) is 7.11 Å². The maximum Gasteiger partial charge on any atom is 0.342 e. The Bertz CT molecular complexity index is 1050. The zero-order chi connectivity index (χ0) is 23.9. The number of methoxy groups -OCH3 is 1. The molecule has 3 N–H and O–H groups in total. The second-order valence-electron chi connectivity index (χ2n) is 10.5. The number of halogens is 1. The molecule has 2 saturated carbocycles. The van der Waals surface area contributed by atoms with Crippen molar-refractivity contribution >= 4 is 23.9 Å². The van der Waals surface area contributed by atoms with E-state index < -0.39 is 28.7 Å². The van der Waals surface area contributed by atoms with E-state index in [0.717, 1.165) is 0 Å². The number of esters is 1. The molecule has 0 saturated heterocycles. The molecule has 0 radical (unpaired) electrons. The lowest BCUT2D eigenvalue weighted by Gasteiger charge is -2.65. The van der Waals surface area contributed by atoms with E-state index in [1.165, 1.54) is 19.3 Å². The molecule has 5 atom stereocenters. The average molecular weight is 465 g/mol. The van der Waals surface area contributed by atoms with Crippen molar-refractivity contribution < 1.29 is 34.4 Å². The lowest BCUT2D eigenvalue weighted by Crippen LogP contribution is -2.75. The molecule has 174 valence electrons. The Morgan fingerprint density at radius 3 is 2.50 bits per heavy atom. The molecule has 0 bridgehead atoms. The van der Waals surface area contributed by atoms with Gasteiger partial charge in [-0.25, -0.2) is 4.79 Å². The molecule has 5 unspecified atom stereocenters. The topological polar surface area (TPSA) is 113 Å². The maximum absolute atomic E-state index is 13.0. The molecule has 0 spiro atoms. The Morgan fingerprint density at radius 1 is 1.25 bits per heavy atom. The first-order valence-electron chi connectivity index (χ1n) is 10.6. The molecule has 8 heteroatoms. The number of fused-ring (bicyclic) bond motifs is 3. The molecule has 32 heavy (non-hydrogen) atoms. The molecule has 0 amide bonds. The fraction of sp³-hybridized carbons (Fsp3) is 0.583. The largest absolute Gasteiger partial charge is 0.507 e. The molecule has 3 aliphatic carbocycles. The minimum atomic E-state index is -1.73. The maximum atomic E-state index is 13.0. The van der Waals surface area contributed by atoms with Crippen molar-refractivity contribution in [3.63, 3.8) is 0 Å². The van der Waals surface area contributed by atoms with Gasteiger partial charge in [0.2, 0.25) is 0 Å². The van der Waals surface area contributed by atoms with E-state index in [1.54, 1.807) is 6.92 Å². The van der Waals surface area contributed by atoms with Crippen molar-refractivity contribution in [1.29, 1.82) is 0 Å². The van der Waals surface area contributed by atoms with Gasteiger partial charge in [-0.1, -0.05) is 32.4 Å². The van der Waals surface area contributed by atoms with Gasteiger partial charge in [0.15, 0.2) is 0 Å². The van der Waals surface area contributed by atoms with Crippen LogP contribution in [0.15, 0.2) is 17.7 Å². The minimum Gasteiger partial charge on any atom is -0.507 e. The number of phenols is 1. The monoisotopic (exact) mass is 464 g/mol. The third-order valence-electron chi connectivity index (χ3n) is 7.93. The number of carbonyl (C=O) groups excluding carboxylic acids is 2. The molecule has 2 fully saturated rings. The van der Waals surface area contributed by atoms with Crippen LogP contribution in [0.2, 0.25) is 5.02 Å². The minimum absolute atomic E-state index is 0.0224. The van der Waals surface area contributed by atoms with E-state index in [1.807, 2.05) is 6.92 Å². The van der Waals surface area contributed by atoms with Gasteiger partial charge in [-0.2, -0.15) is 0 Å². The highest BCUT2D eigenvalue weighted by Gasteiger charge is 2.75. The van der Waals surface area contributed by atoms with E-state index in [9.17, 15) is 24.9 Å². The van der Waals surface area contributed by atoms with Crippen molar-refractivity contribution in [2.24, 2.45) is 16.7 Å². The third-order valence-corrected chi connectivity index (χ3v) is 8.40. The van der Waals surface area contributed by atoms with Gasteiger partial charge in [-0.3, -0.25) is 4.79 Å². The molecule has 7 nitrogen and oxygen atoms in total. The zero-order valence-electron chi connectivity index (χ0n) is 18.9. The summed E-state index contributed by atoms with van der Waals surface area (Å²) >= 11 is 6.23. The number of rotatable bonds is 4. The number of hydrogen-bond acceptors (Lipinski definition) is 7. The first-order chi connectivity index (χ1) is 14.7. The Kier molecular flexibility index (Phi) is 5.02. The molecule has 1 aromatic carbocycles. The normalized spacial score (nSPS) is 36.9. The number of aliphatic hydroxyl groups is 2. The second kappa shape index (κ2) is 6.95. The SMILES string of the molecule is COc1cc(O)c(C(=O)OC2CC3(C)C4CC(C)(C)CC4(O)C=C(C=O)C23O)c(C)c1Cl. The van der Waals surface area contributed by atoms with Gasteiger partial charge in [0, 0.05) is 23.0 Å². The van der Waals surface area contributed by atoms with E-state index in [0.29, 0.717) is 19.1 Å². The van der Waals surface area contributed by atoms with Crippen LogP contribution in [0.4, 0.5) is 0 Å². The highest BCUT2D eigenvalue weighted by molar-refractivity contribution is 6.33. The Balaban J connectivity index is 1.69. The lowest BCUT2D eigenvalue weighted by atomic mass is 9.43. The van der Waals surface area contributed by atoms with Crippen LogP contribution in [-0.2, 0) is 9.53 Å². The zero-order valence-corrected chi connectivity index (χ0v) is 19.6. The molecule has 3 aliphatic rings. The highest BCUT2D eigenvalue weighted by Crippen LogP contribution is 2.69. The Labute approximate surface area is 192 Å². The van der Waals surface area contributed by atoms with Crippen molar-refractivity contribution in [3.8, 4) is 11.5 Å². The Morgan fingerprint density at radius 2 is 1.91 bits per heavy atom. The summed E-state index contributed by atoms with van der Waals surface area (Å²) in [6.45, 7) is 7.49. The molecular weight excluding hydrogens is 436 g/mol. The van der Waals surface area contributed by atoms with Gasteiger partial charge in [-0.15, -0.1) is 0 Å². The molecule has 0 heterocycles. The van der Waals surface area contributed by atoms with Crippen molar-refractivity contribution in [2.45, 2.75) is 64.3 Å². The van der Waals surface area contributed by atoms with Gasteiger partial charge in [-0.05, 0) is 43.2 Å². The fourth-order valence-corrected chi connectivity index (χ4v) is 6.67. The number of benzene rings is 1. The highest BCUT2D eigenvalue weighted by atomic mass is 35.5. The van der Waals surface area contributed by atoms with Crippen LogP contribution in [0.3, 0.4) is 0 Å². The number of phenolic OH excluding ortho intramolecular Hbond substituents is 1. The number of carbonyl (C=O) groups is 2. The van der Waals surface area contributed by atoms with Gasteiger partial charge in [0.25, 0.3) is 0 Å². The molecule has 4 rings (SSSR count). The van der Waals surface area contributed by atoms with Crippen molar-refractivity contribution in [3.05, 3.63) is 33.9 Å². The lowest BCUT2D eigenvalue weighted by molar-refractivity contribution is -0.261. The van der Waals surface area contributed by atoms with Crippen LogP contribution in [0.25, 0.3) is 0 Å². The summed E-state index contributed by atoms with van der Waals surface area (Å²) in [4.78, 5) is 25.0. The van der Waals surface area contributed by atoms with Crippen LogP contribution in [-0.4, -0.2) is 52.0 Å². The quantitative estimate of drug-likeness (QED) is 0.462. The summed E-state index contributed by atoms with van der Waals surface area (Å²) in [5.41, 5.74) is -3.77. The first-order valence-corrected chi connectivity index (χ1v) is 11.0. The van der Waals surface area contributed by atoms with Crippen LogP contribution in [0.1, 0.15) is 56.0 Å². The third kappa shape index (κ3) is 2.87. The predicted octanol–water partition coefficient (Wildman–Crippen LogP) is 3.34. The molecule has 1 aromatic rings. The summed E-state index contributed by atoms with van der Waals surface area (Å²) in [6.07, 6.45) is 2.39. The first kappa shape index (κ1) is 23.1. The number of ether oxygens (including phenoxy) is 2. The number of hydrogen-bond donors (Lipinski definition) is 3. The van der Waals surface area contributed by atoms with E-state index in [-0.39, 0.29) is 51.0 Å². The Hall–Kier alpha value is -2.09. The van der Waals surface area contributed by atoms with Crippen LogP contribution >= 0.6 is 11.6 Å². The molecule has 0 aromatic heterocycles. The van der Waals surface area contributed by atoms with Gasteiger partial charge < -0.3 is 24.8 Å². The summed E-state index contributed by atoms with van der Waals surface area (Å²) in [6, 6.07) is 1.23. The van der Waals surface area contributed by atoms with Crippen LogP contribution in [0, 0.1) is 23.7 Å². The van der Waals surface area contributed by atoms with Crippen LogP contribution < -0.4 is 4.74 Å². The standard InChI is InChI=1S/C24H29ClO7/c1-12-18(14(27)6-15(31-5)19(12)25)20(28)32-17-9-22(4)16-8-21(2,3)11-23(16,29)7-13(10-26)24(17,22)30/h6-7,10,16-17,27,29-30H,8-9,11H2,1-5H3. The van der Waals surface area contributed by atoms with Crippen LogP contribution in [0.5, 0.6) is 11.5 Å². The predicted molar refractivity (Wildman–Crippen MR) is 117 cm³/mol. The summed E-state index contributed by atoms with van der Waals surface area (Å²) in [5, 5.41) is 33.6. The van der Waals surface area contributed by atoms with E-state index in [2.05, 4.69) is 13.8 Å². The average Bonchev–Trinajstić information content (AvgIpc) is 2.96. The van der Waals surface area contributed by atoms with E-state index in [4.69, 9.17) is 21.1 Å². The smallest absolute Gasteiger partial charge is 0.342 e. The van der Waals surface area contributed by atoms with Gasteiger partial charge in [0.1, 0.15) is 35.1 Å². The van der Waals surface area contributed by atoms with E-state index >= 15 is 0 Å². The summed E-state index contributed by atoms with van der Waals surface area (Å²) in [7, 11) is 1.39. The van der Waals surface area contributed by atoms with Crippen molar-refractivity contribution in [1.82, 2.24) is 0 Å². The van der Waals surface area contributed by atoms with Gasteiger partial charge >= 0.3 is 5.97 Å². The summed E-state index contributed by atoms with van der Waals surface area (Å²) in [5.74, 6) is -1.29. The molecule has 0 aliphatic heterocycles. The molecular formula is C24H29ClO7. The number of aromatic hydroxyl groups is 1. The second-order valence-corrected chi connectivity index (χ2v) is 10.9. The van der Waals surface area contributed by atoms with Gasteiger partial charge in [0.05, 0.1) is 17.7 Å². The number of aldehydes is 1.